The van der Waals surface area contributed by atoms with Gasteiger partial charge >= 0.3 is 0 Å². The van der Waals surface area contributed by atoms with Crippen LogP contribution in [0, 0.1) is 5.82 Å². The Labute approximate surface area is 123 Å². The Morgan fingerprint density at radius 1 is 1.35 bits per heavy atom. The van der Waals surface area contributed by atoms with Gasteiger partial charge in [-0.3, -0.25) is 9.69 Å². The Kier molecular flexibility index (Phi) is 3.17. The third-order valence-corrected chi connectivity index (χ3v) is 3.52. The first-order valence-corrected chi connectivity index (χ1v) is 6.72. The van der Waals surface area contributed by atoms with Crippen LogP contribution in [0.4, 0.5) is 10.2 Å². The second-order valence-electron chi connectivity index (χ2n) is 4.41. The molecule has 1 aliphatic heterocycles. The lowest BCUT2D eigenvalue weighted by Crippen LogP contribution is -2.39. The van der Waals surface area contributed by atoms with Crippen LogP contribution in [0.2, 0.25) is 0 Å². The van der Waals surface area contributed by atoms with Crippen molar-refractivity contribution in [1.29, 1.82) is 0 Å². The Morgan fingerprint density at radius 3 is 2.90 bits per heavy atom. The summed E-state index contributed by atoms with van der Waals surface area (Å²) in [5, 5.41) is 0. The summed E-state index contributed by atoms with van der Waals surface area (Å²) < 4.78 is 19.6. The zero-order valence-corrected chi connectivity index (χ0v) is 12.1. The minimum absolute atomic E-state index is 0.284. The van der Waals surface area contributed by atoms with Crippen LogP contribution in [-0.2, 0) is 4.79 Å². The first kappa shape index (κ1) is 13.1. The maximum absolute atomic E-state index is 13.3. The molecule has 1 aromatic heterocycles. The number of hydrogen-bond donors (Lipinski definition) is 0. The van der Waals surface area contributed by atoms with Gasteiger partial charge in [-0.25, -0.2) is 9.37 Å². The van der Waals surface area contributed by atoms with Crippen LogP contribution < -0.4 is 9.64 Å². The van der Waals surface area contributed by atoms with Gasteiger partial charge in [0, 0.05) is 12.6 Å². The average Bonchev–Trinajstić information content (AvgIpc) is 2.43. The molecule has 2 heterocycles. The van der Waals surface area contributed by atoms with E-state index in [1.807, 2.05) is 0 Å². The molecule has 0 bridgehead atoms. The number of halogens is 2. The number of rotatable bonds is 1. The van der Waals surface area contributed by atoms with Gasteiger partial charge in [0.05, 0.1) is 0 Å². The number of amides is 1. The monoisotopic (exact) mass is 336 g/mol. The molecule has 6 heteroatoms. The van der Waals surface area contributed by atoms with E-state index >= 15 is 0 Å². The molecule has 4 nitrogen and oxygen atoms in total. The van der Waals surface area contributed by atoms with Crippen molar-refractivity contribution in [3.05, 3.63) is 52.4 Å². The number of benzene rings is 1. The Balaban J connectivity index is 2.04. The van der Waals surface area contributed by atoms with E-state index < -0.39 is 11.9 Å². The lowest BCUT2D eigenvalue weighted by atomic mass is 10.1. The number of anilines is 1. The smallest absolute Gasteiger partial charge is 0.273 e. The van der Waals surface area contributed by atoms with Crippen molar-refractivity contribution >= 4 is 27.7 Å². The van der Waals surface area contributed by atoms with E-state index in [4.69, 9.17) is 4.74 Å². The number of pyridine rings is 1. The first-order chi connectivity index (χ1) is 9.56. The number of carbonyl (C=O) groups excluding carboxylic acids is 1. The van der Waals surface area contributed by atoms with Crippen LogP contribution >= 0.6 is 15.9 Å². The van der Waals surface area contributed by atoms with Gasteiger partial charge in [0.15, 0.2) is 11.6 Å². The summed E-state index contributed by atoms with van der Waals surface area (Å²) in [5.41, 5.74) is 0.482. The molecule has 0 radical (unpaired) electrons. The van der Waals surface area contributed by atoms with E-state index in [9.17, 15) is 9.18 Å². The highest BCUT2D eigenvalue weighted by Gasteiger charge is 2.34. The van der Waals surface area contributed by atoms with Gasteiger partial charge in [-0.2, -0.15) is 0 Å². The molecule has 1 unspecified atom stereocenters. The summed E-state index contributed by atoms with van der Waals surface area (Å²) in [4.78, 5) is 18.0. The molecule has 1 atom stereocenters. The summed E-state index contributed by atoms with van der Waals surface area (Å²) in [6, 6.07) is 9.29. The van der Waals surface area contributed by atoms with E-state index in [1.54, 1.807) is 31.3 Å². The van der Waals surface area contributed by atoms with Gasteiger partial charge in [-0.05, 0) is 40.2 Å². The highest BCUT2D eigenvalue weighted by Crippen LogP contribution is 2.37. The van der Waals surface area contributed by atoms with Crippen LogP contribution in [0.3, 0.4) is 0 Å². The zero-order valence-electron chi connectivity index (χ0n) is 10.5. The molecule has 3 rings (SSSR count). The fourth-order valence-electron chi connectivity index (χ4n) is 2.08. The molecular weight excluding hydrogens is 327 g/mol. The fourth-order valence-corrected chi connectivity index (χ4v) is 2.38. The van der Waals surface area contributed by atoms with Crippen molar-refractivity contribution in [2.75, 3.05) is 11.9 Å². The molecule has 102 valence electrons. The van der Waals surface area contributed by atoms with Gasteiger partial charge in [-0.1, -0.05) is 12.1 Å². The van der Waals surface area contributed by atoms with Gasteiger partial charge in [0.1, 0.15) is 10.4 Å². The summed E-state index contributed by atoms with van der Waals surface area (Å²) in [6.07, 6.45) is -0.855. The van der Waals surface area contributed by atoms with Crippen molar-refractivity contribution < 1.29 is 13.9 Å². The SMILES string of the molecule is CN1C(=O)C(c2cccc(F)c2)Oc2ccc(Br)nc21. The standard InChI is InChI=1S/C14H10BrFN2O2/c1-18-13-10(5-6-11(15)17-13)20-12(14(18)19)8-3-2-4-9(16)7-8/h2-7,12H,1H3. The van der Waals surface area contributed by atoms with E-state index in [1.165, 1.54) is 17.0 Å². The van der Waals surface area contributed by atoms with Gasteiger partial charge in [0.25, 0.3) is 5.91 Å². The fraction of sp³-hybridized carbons (Fsp3) is 0.143. The first-order valence-electron chi connectivity index (χ1n) is 5.92. The molecule has 1 aromatic carbocycles. The molecule has 0 saturated carbocycles. The number of aromatic nitrogens is 1. The summed E-state index contributed by atoms with van der Waals surface area (Å²) in [6.45, 7) is 0. The second-order valence-corrected chi connectivity index (χ2v) is 5.22. The average molecular weight is 337 g/mol. The highest BCUT2D eigenvalue weighted by molar-refractivity contribution is 9.10. The van der Waals surface area contributed by atoms with Crippen molar-refractivity contribution in [2.45, 2.75) is 6.10 Å². The Morgan fingerprint density at radius 2 is 2.15 bits per heavy atom. The van der Waals surface area contributed by atoms with E-state index in [-0.39, 0.29) is 5.91 Å². The molecule has 1 aliphatic rings. The maximum Gasteiger partial charge on any atom is 0.273 e. The molecule has 0 fully saturated rings. The molecule has 1 amide bonds. The molecule has 0 aliphatic carbocycles. The molecule has 20 heavy (non-hydrogen) atoms. The van der Waals surface area contributed by atoms with Crippen LogP contribution in [-0.4, -0.2) is 17.9 Å². The number of hydrogen-bond acceptors (Lipinski definition) is 3. The minimum atomic E-state index is -0.855. The van der Waals surface area contributed by atoms with Crippen LogP contribution in [0.1, 0.15) is 11.7 Å². The van der Waals surface area contributed by atoms with E-state index in [0.29, 0.717) is 21.7 Å². The predicted molar refractivity (Wildman–Crippen MR) is 75.1 cm³/mol. The van der Waals surface area contributed by atoms with E-state index in [2.05, 4.69) is 20.9 Å². The van der Waals surface area contributed by atoms with Gasteiger partial charge < -0.3 is 4.74 Å². The topological polar surface area (TPSA) is 42.4 Å². The molecule has 0 saturated heterocycles. The molecular formula is C14H10BrFN2O2. The number of likely N-dealkylation sites (N-methyl/N-ethyl adjacent to an activating group) is 1. The van der Waals surface area contributed by atoms with Crippen LogP contribution in [0.5, 0.6) is 5.75 Å². The summed E-state index contributed by atoms with van der Waals surface area (Å²) in [5.74, 6) is 0.247. The predicted octanol–water partition coefficient (Wildman–Crippen LogP) is 3.08. The van der Waals surface area contributed by atoms with Crippen molar-refractivity contribution in [2.24, 2.45) is 0 Å². The number of fused-ring (bicyclic) bond motifs is 1. The number of carbonyl (C=O) groups is 1. The largest absolute Gasteiger partial charge is 0.472 e. The van der Waals surface area contributed by atoms with Crippen LogP contribution in [0.15, 0.2) is 41.0 Å². The lowest BCUT2D eigenvalue weighted by Gasteiger charge is -2.31. The van der Waals surface area contributed by atoms with Crippen molar-refractivity contribution in [3.63, 3.8) is 0 Å². The zero-order chi connectivity index (χ0) is 14.3. The lowest BCUT2D eigenvalue weighted by molar-refractivity contribution is -0.126. The molecule has 0 N–H and O–H groups in total. The third-order valence-electron chi connectivity index (χ3n) is 3.07. The third kappa shape index (κ3) is 2.16. The number of ether oxygens (including phenoxy) is 1. The van der Waals surface area contributed by atoms with Crippen molar-refractivity contribution in [1.82, 2.24) is 4.98 Å². The van der Waals surface area contributed by atoms with Crippen molar-refractivity contribution in [3.8, 4) is 5.75 Å². The second kappa shape index (κ2) is 4.86. The van der Waals surface area contributed by atoms with Crippen LogP contribution in [0.25, 0.3) is 0 Å². The summed E-state index contributed by atoms with van der Waals surface area (Å²) >= 11 is 3.25. The van der Waals surface area contributed by atoms with Gasteiger partial charge in [-0.15, -0.1) is 0 Å². The summed E-state index contributed by atoms with van der Waals surface area (Å²) in [7, 11) is 1.62. The normalized spacial score (nSPS) is 17.6. The van der Waals surface area contributed by atoms with E-state index in [0.717, 1.165) is 0 Å². The maximum atomic E-state index is 13.3. The minimum Gasteiger partial charge on any atom is -0.472 e. The highest BCUT2D eigenvalue weighted by atomic mass is 79.9. The number of nitrogens with zero attached hydrogens (tertiary/aromatic N) is 2. The quantitative estimate of drug-likeness (QED) is 0.751. The Hall–Kier alpha value is -1.95. The molecule has 0 spiro atoms. The Bertz CT molecular complexity index is 693. The molecule has 2 aromatic rings. The van der Waals surface area contributed by atoms with Gasteiger partial charge in [0.2, 0.25) is 6.10 Å².